The minimum atomic E-state index is -0.155. The van der Waals surface area contributed by atoms with Crippen LogP contribution >= 0.6 is 23.2 Å². The summed E-state index contributed by atoms with van der Waals surface area (Å²) in [5.41, 5.74) is 8.96. The predicted octanol–water partition coefficient (Wildman–Crippen LogP) is 7.30. The maximum absolute atomic E-state index is 13.0. The van der Waals surface area contributed by atoms with Crippen molar-refractivity contribution in [3.63, 3.8) is 0 Å². The van der Waals surface area contributed by atoms with Crippen molar-refractivity contribution >= 4 is 35.0 Å². The van der Waals surface area contributed by atoms with E-state index in [1.165, 1.54) is 0 Å². The largest absolute Gasteiger partial charge is 0.466 e. The summed E-state index contributed by atoms with van der Waals surface area (Å²) in [4.78, 5) is 23.2. The highest BCUT2D eigenvalue weighted by atomic mass is 35.5. The van der Waals surface area contributed by atoms with Crippen LogP contribution in [-0.2, 0) is 19.1 Å². The number of ether oxygens (including phenoxy) is 2. The number of allylic oxidation sites excluding steroid dienone is 8. The van der Waals surface area contributed by atoms with Crippen LogP contribution < -0.4 is 11.1 Å². The van der Waals surface area contributed by atoms with E-state index in [1.807, 2.05) is 26.8 Å². The van der Waals surface area contributed by atoms with E-state index < -0.39 is 0 Å². The van der Waals surface area contributed by atoms with Gasteiger partial charge in [-0.15, -0.1) is 0 Å². The van der Waals surface area contributed by atoms with Gasteiger partial charge in [0.25, 0.3) is 0 Å². The molecule has 1 atom stereocenters. The van der Waals surface area contributed by atoms with Gasteiger partial charge < -0.3 is 20.5 Å². The number of carbonyl (C=O) groups excluding carboxylic acids is 2. The predicted molar refractivity (Wildman–Crippen MR) is 160 cm³/mol. The van der Waals surface area contributed by atoms with Crippen molar-refractivity contribution in [3.05, 3.63) is 57.4 Å². The van der Waals surface area contributed by atoms with E-state index in [-0.39, 0.29) is 23.1 Å². The molecule has 0 bridgehead atoms. The Bertz CT molecular complexity index is 917. The number of rotatable bonds is 10. The van der Waals surface area contributed by atoms with Crippen LogP contribution in [0.15, 0.2) is 57.4 Å². The lowest BCUT2D eigenvalue weighted by Gasteiger charge is -2.32. The molecule has 3 N–H and O–H groups in total. The normalized spacial score (nSPS) is 19.2. The van der Waals surface area contributed by atoms with Gasteiger partial charge in [-0.05, 0) is 37.2 Å². The lowest BCUT2D eigenvalue weighted by molar-refractivity contribution is -0.142. The van der Waals surface area contributed by atoms with Gasteiger partial charge >= 0.3 is 5.97 Å². The molecule has 2 aliphatic rings. The third-order valence-corrected chi connectivity index (χ3v) is 6.41. The van der Waals surface area contributed by atoms with Crippen LogP contribution in [0, 0.1) is 11.3 Å². The van der Waals surface area contributed by atoms with Crippen molar-refractivity contribution in [2.45, 2.75) is 80.6 Å². The van der Waals surface area contributed by atoms with Gasteiger partial charge in [0.2, 0.25) is 0 Å². The molecule has 0 aromatic heterocycles. The number of Topliss-reactive ketones (excluding diaryl/α,β-unsaturated/α-hetero) is 1. The Balaban J connectivity index is 0.00000132. The smallest absolute Gasteiger partial charge is 0.305 e. The quantitative estimate of drug-likeness (QED) is 0.163. The van der Waals surface area contributed by atoms with E-state index in [1.54, 1.807) is 19.9 Å². The monoisotopic (exact) mass is 570 g/mol. The molecular weight excluding hydrogens is 523 g/mol. The average molecular weight is 572 g/mol. The Morgan fingerprint density at radius 1 is 1.24 bits per heavy atom. The third-order valence-electron chi connectivity index (χ3n) is 5.69. The van der Waals surface area contributed by atoms with E-state index >= 15 is 0 Å². The molecule has 0 aromatic rings. The van der Waals surface area contributed by atoms with Gasteiger partial charge in [0.15, 0.2) is 5.78 Å². The van der Waals surface area contributed by atoms with Crippen LogP contribution in [0.2, 0.25) is 0 Å². The lowest BCUT2D eigenvalue weighted by atomic mass is 9.74. The van der Waals surface area contributed by atoms with Crippen molar-refractivity contribution in [2.24, 2.45) is 17.1 Å². The minimum absolute atomic E-state index is 0.0802. The van der Waals surface area contributed by atoms with Crippen LogP contribution in [0.5, 0.6) is 0 Å². The van der Waals surface area contributed by atoms with Gasteiger partial charge in [-0.3, -0.25) is 9.59 Å². The number of esters is 1. The van der Waals surface area contributed by atoms with E-state index in [0.29, 0.717) is 55.7 Å². The van der Waals surface area contributed by atoms with Crippen molar-refractivity contribution in [3.8, 4) is 0 Å². The maximum Gasteiger partial charge on any atom is 0.305 e. The van der Waals surface area contributed by atoms with Crippen molar-refractivity contribution in [2.75, 3.05) is 26.4 Å². The van der Waals surface area contributed by atoms with Gasteiger partial charge in [0, 0.05) is 52.3 Å². The zero-order valence-corrected chi connectivity index (χ0v) is 25.9. The summed E-state index contributed by atoms with van der Waals surface area (Å²) < 4.78 is 10.2. The van der Waals surface area contributed by atoms with E-state index in [4.69, 9.17) is 33.7 Å². The molecule has 1 heterocycles. The van der Waals surface area contributed by atoms with E-state index in [0.717, 1.165) is 35.4 Å². The number of nitrogens with two attached hydrogens (primary N) is 1. The minimum Gasteiger partial charge on any atom is -0.466 e. The maximum atomic E-state index is 13.0. The van der Waals surface area contributed by atoms with Crippen LogP contribution in [0.1, 0.15) is 80.6 Å². The Kier molecular flexibility index (Phi) is 18.3. The second-order valence-corrected chi connectivity index (χ2v) is 10.3. The fraction of sp³-hybridized carbons (Fsp3) is 0.600. The molecule has 0 saturated carbocycles. The summed E-state index contributed by atoms with van der Waals surface area (Å²) in [6.45, 7) is 19.4. The molecule has 0 saturated heterocycles. The van der Waals surface area contributed by atoms with Gasteiger partial charge in [-0.1, -0.05) is 89.6 Å². The zero-order chi connectivity index (χ0) is 29.3. The highest BCUT2D eigenvalue weighted by molar-refractivity contribution is 6.36. The van der Waals surface area contributed by atoms with Crippen molar-refractivity contribution in [1.82, 2.24) is 5.32 Å². The number of halogens is 2. The summed E-state index contributed by atoms with van der Waals surface area (Å²) in [7, 11) is 0. The summed E-state index contributed by atoms with van der Waals surface area (Å²) >= 11 is 13.1. The summed E-state index contributed by atoms with van der Waals surface area (Å²) in [5.74, 6) is -0.101. The number of carbonyl (C=O) groups is 2. The molecule has 0 radical (unpaired) electrons. The van der Waals surface area contributed by atoms with Crippen LogP contribution in [0.4, 0.5) is 0 Å². The van der Waals surface area contributed by atoms with Crippen LogP contribution in [0.3, 0.4) is 0 Å². The zero-order valence-electron chi connectivity index (χ0n) is 24.3. The summed E-state index contributed by atoms with van der Waals surface area (Å²) in [6, 6.07) is 0. The fourth-order valence-corrected chi connectivity index (χ4v) is 4.82. The Hall–Kier alpha value is -1.86. The molecule has 0 fully saturated rings. The number of hydrogen-bond donors (Lipinski definition) is 2. The second-order valence-electron chi connectivity index (χ2n) is 9.45. The van der Waals surface area contributed by atoms with E-state index in [2.05, 4.69) is 36.6 Å². The molecule has 216 valence electrons. The number of hydrogen-bond acceptors (Lipinski definition) is 6. The Labute approximate surface area is 240 Å². The molecule has 38 heavy (non-hydrogen) atoms. The second kappa shape index (κ2) is 19.2. The molecular formula is C30H48Cl2N2O4. The first kappa shape index (κ1) is 36.1. The highest BCUT2D eigenvalue weighted by Crippen LogP contribution is 2.42. The van der Waals surface area contributed by atoms with Crippen LogP contribution in [-0.4, -0.2) is 38.1 Å². The molecule has 0 amide bonds. The average Bonchev–Trinajstić information content (AvgIpc) is 3.04. The molecule has 1 aliphatic carbocycles. The molecule has 1 aliphatic heterocycles. The number of ketones is 1. The molecule has 2 rings (SSSR count). The van der Waals surface area contributed by atoms with E-state index in [9.17, 15) is 9.59 Å². The first-order valence-electron chi connectivity index (χ1n) is 13.6. The SMILES string of the molecule is C=C/C(Cl)=C(\C(Cl)=C/CC)C1C=C(COCCN)NC2=C(C1)C(=O)CC(C)(C)C2.CC.CCOC(=O)CC. The molecule has 6 nitrogen and oxygen atoms in total. The van der Waals surface area contributed by atoms with Gasteiger partial charge in [-0.25, -0.2) is 0 Å². The first-order chi connectivity index (χ1) is 18.0. The van der Waals surface area contributed by atoms with Crippen molar-refractivity contribution < 1.29 is 19.1 Å². The standard InChI is InChI=1S/C23H32Cl2N2O2.C5H10O2.C2H6/c1-5-7-19(25)22(18(24)6-2)15-10-16(14-29-9-8-26)27-20-12-23(3,4)13-21(28)17(20)11-15;1-3-5(6)7-4-2;1-2/h6-7,10,15,27H,2,5,8-9,11-14,26H2,1,3-4H3;3-4H2,1-2H3;1-2H3/b19-7+,22-18+;;. The van der Waals surface area contributed by atoms with Crippen molar-refractivity contribution in [1.29, 1.82) is 0 Å². The first-order valence-corrected chi connectivity index (χ1v) is 14.3. The van der Waals surface area contributed by atoms with Gasteiger partial charge in [-0.2, -0.15) is 0 Å². The molecule has 0 aromatic carbocycles. The summed E-state index contributed by atoms with van der Waals surface area (Å²) in [5, 5.41) is 4.56. The number of nitrogens with one attached hydrogen (secondary N) is 1. The molecule has 8 heteroatoms. The lowest BCUT2D eigenvalue weighted by Crippen LogP contribution is -2.31. The van der Waals surface area contributed by atoms with Crippen LogP contribution in [0.25, 0.3) is 0 Å². The topological polar surface area (TPSA) is 90.7 Å². The van der Waals surface area contributed by atoms with Gasteiger partial charge in [0.05, 0.1) is 19.8 Å². The Morgan fingerprint density at radius 2 is 1.89 bits per heavy atom. The fourth-order valence-electron chi connectivity index (χ4n) is 4.14. The third kappa shape index (κ3) is 12.3. The summed E-state index contributed by atoms with van der Waals surface area (Å²) in [6.07, 6.45) is 8.75. The molecule has 1 unspecified atom stereocenters. The molecule has 0 spiro atoms. The van der Waals surface area contributed by atoms with Gasteiger partial charge in [0.1, 0.15) is 0 Å². The Morgan fingerprint density at radius 3 is 2.39 bits per heavy atom. The highest BCUT2D eigenvalue weighted by Gasteiger charge is 2.36.